The molecule has 4 heteroatoms. The summed E-state index contributed by atoms with van der Waals surface area (Å²) in [7, 11) is 0. The molecule has 2 fully saturated rings. The summed E-state index contributed by atoms with van der Waals surface area (Å²) in [5, 5.41) is 0. The fraction of sp³-hybridized carbons (Fsp3) is 0.679. The van der Waals surface area contributed by atoms with Gasteiger partial charge in [-0.1, -0.05) is 52.8 Å². The Balaban J connectivity index is 1.78. The number of ether oxygens (including phenoxy) is 1. The van der Waals surface area contributed by atoms with Crippen LogP contribution in [-0.4, -0.2) is 23.1 Å². The van der Waals surface area contributed by atoms with Crippen molar-refractivity contribution in [2.24, 2.45) is 35.0 Å². The third kappa shape index (κ3) is 4.84. The highest BCUT2D eigenvalue weighted by Crippen LogP contribution is 2.58. The van der Waals surface area contributed by atoms with Gasteiger partial charge in [-0.2, -0.15) is 0 Å². The molecule has 3 aliphatic rings. The molecule has 0 amide bonds. The molecule has 0 aromatic heterocycles. The van der Waals surface area contributed by atoms with Crippen molar-refractivity contribution in [2.45, 2.75) is 85.7 Å². The van der Waals surface area contributed by atoms with Crippen LogP contribution in [0.5, 0.6) is 0 Å². The maximum absolute atomic E-state index is 12.8. The lowest BCUT2D eigenvalue weighted by Gasteiger charge is -2.43. The van der Waals surface area contributed by atoms with Gasteiger partial charge in [-0.3, -0.25) is 9.59 Å². The normalized spacial score (nSPS) is 36.0. The second kappa shape index (κ2) is 9.49. The lowest BCUT2D eigenvalue weighted by molar-refractivity contribution is -0.160. The summed E-state index contributed by atoms with van der Waals surface area (Å²) >= 11 is 0. The number of allylic oxidation sites excluding steroid dienone is 4. The highest BCUT2D eigenvalue weighted by Gasteiger charge is 2.52. The second-order valence-corrected chi connectivity index (χ2v) is 11.1. The number of carbonyl (C=O) groups excluding carboxylic acids is 3. The van der Waals surface area contributed by atoms with Crippen LogP contribution in [0.15, 0.2) is 36.0 Å². The third-order valence-corrected chi connectivity index (χ3v) is 8.58. The predicted octanol–water partition coefficient (Wildman–Crippen LogP) is 6.01. The SMILES string of the molecule is CC(C)C(C)/C=C/C(C)[C@H]1CC[C@H]2/C(=C\C(=O)O[C@]3(C)CCC=CC3=O)C(=O)CC[C@]12C. The van der Waals surface area contributed by atoms with Crippen molar-refractivity contribution in [1.82, 2.24) is 0 Å². The Labute approximate surface area is 193 Å². The summed E-state index contributed by atoms with van der Waals surface area (Å²) < 4.78 is 5.61. The molecule has 2 saturated carbocycles. The first-order valence-corrected chi connectivity index (χ1v) is 12.3. The highest BCUT2D eigenvalue weighted by atomic mass is 16.6. The Morgan fingerprint density at radius 1 is 1.09 bits per heavy atom. The van der Waals surface area contributed by atoms with Gasteiger partial charge in [0.2, 0.25) is 0 Å². The molecular formula is C28H40O4. The lowest BCUT2D eigenvalue weighted by atomic mass is 9.61. The smallest absolute Gasteiger partial charge is 0.332 e. The van der Waals surface area contributed by atoms with Gasteiger partial charge in [0.15, 0.2) is 17.2 Å². The molecule has 0 radical (unpaired) electrons. The minimum atomic E-state index is -1.13. The quantitative estimate of drug-likeness (QED) is 0.288. The zero-order valence-corrected chi connectivity index (χ0v) is 20.6. The highest BCUT2D eigenvalue weighted by molar-refractivity contribution is 6.03. The standard InChI is InChI=1S/C28H40O4/c1-18(2)19(3)10-11-20(4)22-12-13-23-21(24(29)14-16-27(22,23)5)17-26(31)32-28(6)15-8-7-9-25(28)30/h7,9-11,17-20,22-23H,8,12-16H2,1-6H3/b11-10+,21-17+/t19?,20?,22-,23+,27-,28-/m1/s1. The van der Waals surface area contributed by atoms with Gasteiger partial charge in [0.1, 0.15) is 0 Å². The lowest BCUT2D eigenvalue weighted by Crippen LogP contribution is -2.41. The molecular weight excluding hydrogens is 400 g/mol. The second-order valence-electron chi connectivity index (χ2n) is 11.1. The fourth-order valence-electron chi connectivity index (χ4n) is 5.94. The van der Waals surface area contributed by atoms with Crippen LogP contribution in [0, 0.1) is 35.0 Å². The summed E-state index contributed by atoms with van der Waals surface area (Å²) in [6.45, 7) is 13.0. The Morgan fingerprint density at radius 3 is 2.47 bits per heavy atom. The van der Waals surface area contributed by atoms with E-state index in [0.717, 1.165) is 19.3 Å². The molecule has 176 valence electrons. The topological polar surface area (TPSA) is 60.4 Å². The molecule has 0 heterocycles. The van der Waals surface area contributed by atoms with Crippen molar-refractivity contribution >= 4 is 17.5 Å². The zero-order chi connectivity index (χ0) is 23.7. The molecule has 32 heavy (non-hydrogen) atoms. The van der Waals surface area contributed by atoms with Crippen molar-refractivity contribution in [2.75, 3.05) is 0 Å². The van der Waals surface area contributed by atoms with Crippen molar-refractivity contribution in [3.8, 4) is 0 Å². The number of hydrogen-bond acceptors (Lipinski definition) is 4. The van der Waals surface area contributed by atoms with Gasteiger partial charge in [-0.25, -0.2) is 4.79 Å². The predicted molar refractivity (Wildman–Crippen MR) is 127 cm³/mol. The number of Topliss-reactive ketones (excluding diaryl/α,β-unsaturated/α-hetero) is 1. The van der Waals surface area contributed by atoms with Crippen LogP contribution < -0.4 is 0 Å². The summed E-state index contributed by atoms with van der Waals surface area (Å²) in [6, 6.07) is 0. The van der Waals surface area contributed by atoms with E-state index in [1.807, 2.05) is 6.08 Å². The maximum atomic E-state index is 12.8. The van der Waals surface area contributed by atoms with E-state index in [1.54, 1.807) is 6.92 Å². The van der Waals surface area contributed by atoms with Crippen molar-refractivity contribution in [3.63, 3.8) is 0 Å². The average molecular weight is 441 g/mol. The van der Waals surface area contributed by atoms with Crippen molar-refractivity contribution < 1.29 is 19.1 Å². The van der Waals surface area contributed by atoms with Gasteiger partial charge in [0.25, 0.3) is 0 Å². The van der Waals surface area contributed by atoms with Gasteiger partial charge >= 0.3 is 5.97 Å². The van der Waals surface area contributed by atoms with E-state index in [0.29, 0.717) is 48.5 Å². The number of carbonyl (C=O) groups is 3. The average Bonchev–Trinajstić information content (AvgIpc) is 3.08. The van der Waals surface area contributed by atoms with Gasteiger partial charge in [0.05, 0.1) is 0 Å². The van der Waals surface area contributed by atoms with E-state index in [-0.39, 0.29) is 22.9 Å². The van der Waals surface area contributed by atoms with Crippen LogP contribution in [0.2, 0.25) is 0 Å². The van der Waals surface area contributed by atoms with Crippen LogP contribution >= 0.6 is 0 Å². The third-order valence-electron chi connectivity index (χ3n) is 8.58. The molecule has 3 rings (SSSR count). The summed E-state index contributed by atoms with van der Waals surface area (Å²) in [6.07, 6.45) is 13.9. The summed E-state index contributed by atoms with van der Waals surface area (Å²) in [4.78, 5) is 37.9. The Kier molecular flexibility index (Phi) is 7.31. The zero-order valence-electron chi connectivity index (χ0n) is 20.6. The van der Waals surface area contributed by atoms with Crippen LogP contribution in [0.1, 0.15) is 80.1 Å². The molecule has 0 N–H and O–H groups in total. The minimum absolute atomic E-state index is 0.00184. The number of fused-ring (bicyclic) bond motifs is 1. The van der Waals surface area contributed by atoms with E-state index in [2.05, 4.69) is 46.8 Å². The monoisotopic (exact) mass is 440 g/mol. The van der Waals surface area contributed by atoms with Crippen molar-refractivity contribution in [1.29, 1.82) is 0 Å². The first-order chi connectivity index (χ1) is 15.0. The van der Waals surface area contributed by atoms with E-state index in [4.69, 9.17) is 4.74 Å². The number of hydrogen-bond donors (Lipinski definition) is 0. The molecule has 0 aromatic rings. The summed E-state index contributed by atoms with van der Waals surface area (Å²) in [5.74, 6) is 1.46. The van der Waals surface area contributed by atoms with Crippen LogP contribution in [-0.2, 0) is 19.1 Å². The van der Waals surface area contributed by atoms with Crippen molar-refractivity contribution in [3.05, 3.63) is 36.0 Å². The van der Waals surface area contributed by atoms with Crippen LogP contribution in [0.4, 0.5) is 0 Å². The minimum Gasteiger partial charge on any atom is -0.448 e. The van der Waals surface area contributed by atoms with Gasteiger partial charge in [-0.15, -0.1) is 0 Å². The first kappa shape index (κ1) is 24.7. The molecule has 3 aliphatic carbocycles. The fourth-order valence-corrected chi connectivity index (χ4v) is 5.94. The van der Waals surface area contributed by atoms with Gasteiger partial charge < -0.3 is 4.74 Å². The van der Waals surface area contributed by atoms with E-state index >= 15 is 0 Å². The Bertz CT molecular complexity index is 847. The molecule has 0 aromatic carbocycles. The molecule has 0 saturated heterocycles. The van der Waals surface area contributed by atoms with E-state index in [1.165, 1.54) is 12.2 Å². The number of ketones is 2. The molecule has 2 unspecified atom stereocenters. The Hall–Kier alpha value is -1.97. The summed E-state index contributed by atoms with van der Waals surface area (Å²) in [5.41, 5.74) is -0.521. The Morgan fingerprint density at radius 2 is 1.81 bits per heavy atom. The molecule has 6 atom stereocenters. The van der Waals surface area contributed by atoms with E-state index < -0.39 is 11.6 Å². The number of esters is 1. The van der Waals surface area contributed by atoms with Gasteiger partial charge in [0, 0.05) is 18.1 Å². The van der Waals surface area contributed by atoms with Crippen LogP contribution in [0.3, 0.4) is 0 Å². The van der Waals surface area contributed by atoms with Gasteiger partial charge in [-0.05, 0) is 80.1 Å². The number of rotatable bonds is 6. The first-order valence-electron chi connectivity index (χ1n) is 12.3. The largest absolute Gasteiger partial charge is 0.448 e. The molecule has 4 nitrogen and oxygen atoms in total. The molecule has 0 spiro atoms. The molecule has 0 aliphatic heterocycles. The maximum Gasteiger partial charge on any atom is 0.332 e. The van der Waals surface area contributed by atoms with Crippen LogP contribution in [0.25, 0.3) is 0 Å². The molecule has 0 bridgehead atoms. The van der Waals surface area contributed by atoms with E-state index in [9.17, 15) is 14.4 Å².